The number of likely N-dealkylation sites (tertiary alicyclic amines) is 3. The maximum atomic E-state index is 12.0. The maximum absolute atomic E-state index is 12.0. The van der Waals surface area contributed by atoms with E-state index < -0.39 is 52.1 Å². The van der Waals surface area contributed by atoms with Gasteiger partial charge in [-0.15, -0.1) is 13.2 Å². The third kappa shape index (κ3) is 30.0. The summed E-state index contributed by atoms with van der Waals surface area (Å²) in [5.41, 5.74) is 3.08. The van der Waals surface area contributed by atoms with Crippen LogP contribution in [-0.4, -0.2) is 193 Å². The summed E-state index contributed by atoms with van der Waals surface area (Å²) in [5, 5.41) is 52.2. The molecule has 6 aliphatic rings. The minimum Gasteiger partial charge on any atom is -0.472 e. The van der Waals surface area contributed by atoms with Gasteiger partial charge in [-0.3, -0.25) is 0 Å². The van der Waals surface area contributed by atoms with Gasteiger partial charge < -0.3 is 98.9 Å². The van der Waals surface area contributed by atoms with Gasteiger partial charge in [0.2, 0.25) is 0 Å². The number of nitrogens with zero attached hydrogens (tertiary/aromatic N) is 5. The van der Waals surface area contributed by atoms with Crippen LogP contribution in [0.2, 0.25) is 0 Å². The monoisotopic (exact) mass is 1480 g/mol. The molecule has 0 saturated carbocycles. The molecule has 11 rings (SSSR count). The van der Waals surface area contributed by atoms with Gasteiger partial charge in [0.1, 0.15) is 34.1 Å². The Hall–Kier alpha value is -6.54. The van der Waals surface area contributed by atoms with Crippen LogP contribution in [0.1, 0.15) is 187 Å². The van der Waals surface area contributed by atoms with Crippen molar-refractivity contribution in [2.24, 2.45) is 11.8 Å². The summed E-state index contributed by atoms with van der Waals surface area (Å²) < 4.78 is 48.2. The van der Waals surface area contributed by atoms with Gasteiger partial charge in [0.15, 0.2) is 5.79 Å². The fourth-order valence-electron chi connectivity index (χ4n) is 11.9. The van der Waals surface area contributed by atoms with Crippen LogP contribution < -0.4 is 5.32 Å². The number of halogens is 1. The number of amides is 4. The predicted octanol–water partition coefficient (Wildman–Crippen LogP) is 13.9. The van der Waals surface area contributed by atoms with Crippen LogP contribution in [0.3, 0.4) is 0 Å². The Morgan fingerprint density at radius 1 is 0.535 bits per heavy atom. The number of piperidine rings is 5. The van der Waals surface area contributed by atoms with E-state index in [0.717, 1.165) is 56.1 Å². The molecule has 6 N–H and O–H groups in total. The molecular formula is C75H116ClN6NiO18-. The van der Waals surface area contributed by atoms with Crippen molar-refractivity contribution in [2.75, 3.05) is 78.5 Å². The number of aliphatic hydroxyl groups is 5. The Morgan fingerprint density at radius 3 is 1.35 bits per heavy atom. The quantitative estimate of drug-likeness (QED) is 0.0238. The first-order chi connectivity index (χ1) is 46.4. The summed E-state index contributed by atoms with van der Waals surface area (Å²) in [6.45, 7) is 40.0. The van der Waals surface area contributed by atoms with E-state index in [1.54, 1.807) is 78.6 Å². The summed E-state index contributed by atoms with van der Waals surface area (Å²) >= 11 is 5.56. The first-order valence-electron chi connectivity index (χ1n) is 34.3. The fraction of sp³-hybridized carbons (Fsp3) is 0.613. The van der Waals surface area contributed by atoms with Gasteiger partial charge >= 0.3 is 24.4 Å². The van der Waals surface area contributed by atoms with E-state index in [0.29, 0.717) is 88.4 Å². The molecule has 0 aromatic carbocycles. The molecule has 5 saturated heterocycles. The molecule has 4 amide bonds. The molecule has 0 aliphatic carbocycles. The molecule has 8 atom stereocenters. The number of nitrogens with one attached hydrogen (secondary N) is 1. The first kappa shape index (κ1) is 88.7. The molecule has 5 aromatic rings. The first-order valence-corrected chi connectivity index (χ1v) is 34.6. The van der Waals surface area contributed by atoms with E-state index >= 15 is 0 Å². The molecule has 0 bridgehead atoms. The minimum absolute atomic E-state index is 0. The molecular weight excluding hydrogens is 1370 g/mol. The number of furan rings is 5. The van der Waals surface area contributed by atoms with Crippen LogP contribution in [-0.2, 0) is 41.0 Å². The zero-order chi connectivity index (χ0) is 73.5. The SMILES string of the molecule is C=C.CC(C)(C)OC(=O)N1CC=C(c2ccoc2)CC1.CC(C)(C)OC(=O)N1CCC(O)(c2ccoc2)C(O)C1.CC(C)(C)OC(=O)N1CCC(c2ccoc2)C(O)C1.CC1CN(C(=O)OC(C)(C)C)CCC1c1ccoc1.CC1CNCCC1c1ccoc1.OC1(O)CCN(Cl)CC1.[CH3-].[Ni]. The van der Waals surface area contributed by atoms with Crippen LogP contribution in [0.4, 0.5) is 19.2 Å². The summed E-state index contributed by atoms with van der Waals surface area (Å²) in [6.07, 6.45) is 20.4. The second-order valence-corrected chi connectivity index (χ2v) is 30.4. The molecule has 5 fully saturated rings. The van der Waals surface area contributed by atoms with Crippen molar-refractivity contribution in [1.29, 1.82) is 0 Å². The van der Waals surface area contributed by atoms with Gasteiger partial charge in [0, 0.05) is 105 Å². The normalized spacial score (nSPS) is 23.7. The van der Waals surface area contributed by atoms with E-state index in [1.807, 2.05) is 97.9 Å². The van der Waals surface area contributed by atoms with Crippen molar-refractivity contribution in [1.82, 2.24) is 29.3 Å². The van der Waals surface area contributed by atoms with Crippen LogP contribution >= 0.6 is 11.8 Å². The third-order valence-corrected chi connectivity index (χ3v) is 17.5. The Morgan fingerprint density at radius 2 is 0.960 bits per heavy atom. The molecule has 0 radical (unpaired) electrons. The van der Waals surface area contributed by atoms with Crippen molar-refractivity contribution in [3.05, 3.63) is 147 Å². The number of rotatable bonds is 5. The summed E-state index contributed by atoms with van der Waals surface area (Å²) in [6, 6.07) is 9.52. The smallest absolute Gasteiger partial charge is 0.410 e. The Kier molecular flexibility index (Phi) is 35.6. The summed E-state index contributed by atoms with van der Waals surface area (Å²) in [7, 11) is 0. The zero-order valence-corrected chi connectivity index (χ0v) is 63.8. The zero-order valence-electron chi connectivity index (χ0n) is 62.1. The van der Waals surface area contributed by atoms with Gasteiger partial charge in [-0.05, 0) is 210 Å². The summed E-state index contributed by atoms with van der Waals surface area (Å²) in [5.74, 6) is 0.876. The molecule has 26 heteroatoms. The van der Waals surface area contributed by atoms with Crippen LogP contribution in [0.5, 0.6) is 0 Å². The Balaban J connectivity index is 0.000000317. The van der Waals surface area contributed by atoms with E-state index in [2.05, 4.69) is 44.5 Å². The van der Waals surface area contributed by atoms with Crippen LogP contribution in [0.15, 0.2) is 134 Å². The Bertz CT molecular complexity index is 3060. The number of carbonyl (C=O) groups is 4. The van der Waals surface area contributed by atoms with Crippen molar-refractivity contribution >= 4 is 41.7 Å². The maximum Gasteiger partial charge on any atom is 0.410 e. The van der Waals surface area contributed by atoms with Gasteiger partial charge in [-0.1, -0.05) is 19.9 Å². The average Bonchev–Trinajstić information content (AvgIpc) is 1.78. The van der Waals surface area contributed by atoms with E-state index in [4.69, 9.17) is 63.0 Å². The van der Waals surface area contributed by atoms with Gasteiger partial charge in [0.25, 0.3) is 0 Å². The van der Waals surface area contributed by atoms with Crippen molar-refractivity contribution in [2.45, 2.75) is 206 Å². The number of β-amino-alcohol motifs (C(OH)–C–C–N with tert-alkyl or cyclic N) is 2. The number of hydrogen-bond acceptors (Lipinski definition) is 20. The van der Waals surface area contributed by atoms with Crippen molar-refractivity contribution < 1.29 is 102 Å². The van der Waals surface area contributed by atoms with E-state index in [1.165, 1.54) is 40.5 Å². The molecule has 24 nitrogen and oxygen atoms in total. The number of hydrogen-bond donors (Lipinski definition) is 6. The standard InChI is InChI=1S/C15H23NO3.C14H21NO5.C14H21NO4.C14H19NO3.C10H15NO.C5H10ClNO2.C2H4.CH3.Ni/c1-11-9-16(14(17)19-15(2,3)4)7-5-13(11)12-6-8-18-10-12;1-13(2,3)20-12(17)15-6-5-14(18,11(16)8-15)10-4-7-19-9-10;1-14(2,3)19-13(17)15-6-4-11(12(16)8-15)10-5-7-18-9-10;1-14(2,3)18-13(16)15-7-4-11(5-8-15)12-6-9-17-10-12;1-8-6-11-4-2-10(8)9-3-5-12-7-9;6-7-3-1-5(8,9)2-4-7;1-2;;/h6,8,10-11,13H,5,7,9H2,1-4H3;4,7,9,11,16,18H,5-6,8H2,1-3H3;5,7,9,11-12,16H,4,6,8H2,1-3H3;4,6,9-10H,5,7-8H2,1-3H3;3,5,7-8,10-11H,2,4,6H2,1H3;8-9H,1-4H2;1-2H2;1H3;/q;;;;;;;-1;. The topological polar surface area (TPSA) is 300 Å². The minimum atomic E-state index is -1.47. The molecule has 0 spiro atoms. The predicted molar refractivity (Wildman–Crippen MR) is 383 cm³/mol. The molecule has 6 aliphatic heterocycles. The number of ether oxygens (including phenoxy) is 4. The van der Waals surface area contributed by atoms with Gasteiger partial charge in [0.05, 0.1) is 81.8 Å². The third-order valence-electron chi connectivity index (χ3n) is 17.1. The molecule has 5 aromatic heterocycles. The molecule has 11 heterocycles. The van der Waals surface area contributed by atoms with Gasteiger partial charge in [-0.2, -0.15) is 0 Å². The fourth-order valence-corrected chi connectivity index (χ4v) is 12.1. The van der Waals surface area contributed by atoms with E-state index in [9.17, 15) is 34.5 Å². The second-order valence-electron chi connectivity index (χ2n) is 29.9. The van der Waals surface area contributed by atoms with Crippen molar-refractivity contribution in [3.8, 4) is 0 Å². The van der Waals surface area contributed by atoms with E-state index in [-0.39, 0.29) is 61.1 Å². The van der Waals surface area contributed by atoms with Crippen LogP contribution in [0, 0.1) is 19.3 Å². The van der Waals surface area contributed by atoms with Gasteiger partial charge in [-0.25, -0.2) is 23.6 Å². The molecule has 572 valence electrons. The average molecular weight is 1480 g/mol. The number of aliphatic hydroxyl groups excluding tert-OH is 2. The van der Waals surface area contributed by atoms with Crippen molar-refractivity contribution in [3.63, 3.8) is 0 Å². The number of carbonyl (C=O) groups excluding carboxylic acids is 4. The summed E-state index contributed by atoms with van der Waals surface area (Å²) in [4.78, 5) is 54.3. The van der Waals surface area contributed by atoms with Crippen LogP contribution in [0.25, 0.3) is 5.57 Å². The largest absolute Gasteiger partial charge is 0.472 e. The molecule has 101 heavy (non-hydrogen) atoms. The Labute approximate surface area is 613 Å². The molecule has 8 unspecified atom stereocenters. The second kappa shape index (κ2) is 40.5.